The van der Waals surface area contributed by atoms with Crippen molar-refractivity contribution in [2.75, 3.05) is 6.35 Å². The Morgan fingerprint density at radius 1 is 1.00 bits per heavy atom. The third kappa shape index (κ3) is 1.91. The molecule has 0 amide bonds. The summed E-state index contributed by atoms with van der Waals surface area (Å²) in [6.45, 7) is 1.99. The zero-order valence-corrected chi connectivity index (χ0v) is 10.9. The van der Waals surface area contributed by atoms with E-state index >= 15 is 0 Å². The van der Waals surface area contributed by atoms with Crippen molar-refractivity contribution >= 4 is 12.7 Å². The highest BCUT2D eigenvalue weighted by Gasteiger charge is 2.33. The smallest absolute Gasteiger partial charge is 0.313 e. The average molecular weight is 260 g/mol. The lowest BCUT2D eigenvalue weighted by atomic mass is 10.2. The second-order valence-corrected chi connectivity index (χ2v) is 6.62. The summed E-state index contributed by atoms with van der Waals surface area (Å²) in [5, 5.41) is 0.697. The third-order valence-electron chi connectivity index (χ3n) is 2.91. The molecular weight excluding hydrogens is 247 g/mol. The molecule has 0 N–H and O–H groups in total. The molecule has 1 unspecified atom stereocenters. The largest absolute Gasteiger partial charge is 0.478 e. The molecule has 1 aliphatic heterocycles. The summed E-state index contributed by atoms with van der Waals surface area (Å²) in [5.41, 5.74) is 1.13. The number of rotatable bonds is 1. The molecule has 1 atom stereocenters. The SMILES string of the molecule is Cc1ccc(P2(=O)COc3ccccc3O2)cc1. The van der Waals surface area contributed by atoms with Gasteiger partial charge in [-0.3, -0.25) is 4.57 Å². The van der Waals surface area contributed by atoms with Crippen molar-refractivity contribution < 1.29 is 13.8 Å². The molecule has 0 bridgehead atoms. The number of para-hydroxylation sites is 2. The molecule has 4 heteroatoms. The Labute approximate surface area is 106 Å². The predicted molar refractivity (Wildman–Crippen MR) is 71.0 cm³/mol. The fourth-order valence-electron chi connectivity index (χ4n) is 1.88. The lowest BCUT2D eigenvalue weighted by Crippen LogP contribution is -2.19. The normalized spacial score (nSPS) is 21.6. The van der Waals surface area contributed by atoms with Gasteiger partial charge in [-0.1, -0.05) is 29.8 Å². The van der Waals surface area contributed by atoms with Gasteiger partial charge in [-0.15, -0.1) is 0 Å². The Kier molecular flexibility index (Phi) is 2.64. The van der Waals surface area contributed by atoms with E-state index < -0.39 is 7.37 Å². The minimum Gasteiger partial charge on any atom is -0.478 e. The van der Waals surface area contributed by atoms with E-state index in [1.165, 1.54) is 0 Å². The summed E-state index contributed by atoms with van der Waals surface area (Å²) >= 11 is 0. The minimum atomic E-state index is -2.94. The van der Waals surface area contributed by atoms with Gasteiger partial charge in [0.15, 0.2) is 17.8 Å². The second-order valence-electron chi connectivity index (χ2n) is 4.32. The molecule has 0 spiro atoms. The predicted octanol–water partition coefficient (Wildman–Crippen LogP) is 3.33. The lowest BCUT2D eigenvalue weighted by molar-refractivity contribution is 0.319. The first-order valence-corrected chi connectivity index (χ1v) is 7.56. The topological polar surface area (TPSA) is 35.5 Å². The number of hydrogen-bond donors (Lipinski definition) is 0. The van der Waals surface area contributed by atoms with Gasteiger partial charge in [0.2, 0.25) is 0 Å². The summed E-state index contributed by atoms with van der Waals surface area (Å²) in [7, 11) is -2.94. The van der Waals surface area contributed by atoms with Gasteiger partial charge in [0.25, 0.3) is 0 Å². The van der Waals surface area contributed by atoms with E-state index in [9.17, 15) is 4.57 Å². The first-order valence-electron chi connectivity index (χ1n) is 5.75. The van der Waals surface area contributed by atoms with E-state index in [1.54, 1.807) is 6.07 Å². The monoisotopic (exact) mass is 260 g/mol. The first kappa shape index (κ1) is 11.4. The van der Waals surface area contributed by atoms with Gasteiger partial charge in [-0.2, -0.15) is 0 Å². The van der Waals surface area contributed by atoms with E-state index in [0.29, 0.717) is 16.8 Å². The van der Waals surface area contributed by atoms with Crippen LogP contribution in [0.25, 0.3) is 0 Å². The number of fused-ring (bicyclic) bond motifs is 1. The van der Waals surface area contributed by atoms with E-state index in [4.69, 9.17) is 9.26 Å². The summed E-state index contributed by atoms with van der Waals surface area (Å²) in [5.74, 6) is 1.20. The van der Waals surface area contributed by atoms with Crippen LogP contribution in [0.2, 0.25) is 0 Å². The van der Waals surface area contributed by atoms with Crippen molar-refractivity contribution in [3.05, 3.63) is 54.1 Å². The molecule has 0 fully saturated rings. The van der Waals surface area contributed by atoms with Gasteiger partial charge in [-0.25, -0.2) is 0 Å². The molecule has 18 heavy (non-hydrogen) atoms. The van der Waals surface area contributed by atoms with E-state index in [1.807, 2.05) is 49.4 Å². The van der Waals surface area contributed by atoms with Crippen molar-refractivity contribution in [3.8, 4) is 11.5 Å². The summed E-state index contributed by atoms with van der Waals surface area (Å²) in [6.07, 6.45) is 0.0904. The quantitative estimate of drug-likeness (QED) is 0.738. The maximum Gasteiger partial charge on any atom is 0.313 e. The van der Waals surface area contributed by atoms with Crippen molar-refractivity contribution in [3.63, 3.8) is 0 Å². The van der Waals surface area contributed by atoms with Gasteiger partial charge in [0.1, 0.15) is 0 Å². The number of hydrogen-bond acceptors (Lipinski definition) is 3. The van der Waals surface area contributed by atoms with Gasteiger partial charge >= 0.3 is 7.37 Å². The third-order valence-corrected chi connectivity index (χ3v) is 4.96. The van der Waals surface area contributed by atoms with Crippen LogP contribution in [0, 0.1) is 6.92 Å². The highest BCUT2D eigenvalue weighted by Crippen LogP contribution is 2.52. The molecule has 2 aromatic rings. The van der Waals surface area contributed by atoms with Crippen molar-refractivity contribution in [1.82, 2.24) is 0 Å². The fraction of sp³-hybridized carbons (Fsp3) is 0.143. The summed E-state index contributed by atoms with van der Waals surface area (Å²) < 4.78 is 24.0. The van der Waals surface area contributed by atoms with E-state index in [2.05, 4.69) is 0 Å². The maximum absolute atomic E-state index is 12.8. The zero-order chi connectivity index (χ0) is 12.6. The fourth-order valence-corrected chi connectivity index (χ4v) is 3.57. The number of aryl methyl sites for hydroxylation is 1. The molecule has 3 nitrogen and oxygen atoms in total. The molecule has 0 aliphatic carbocycles. The van der Waals surface area contributed by atoms with E-state index in [-0.39, 0.29) is 6.35 Å². The molecule has 3 rings (SSSR count). The second kappa shape index (κ2) is 4.18. The highest BCUT2D eigenvalue weighted by molar-refractivity contribution is 7.67. The Bertz CT molecular complexity index is 619. The van der Waals surface area contributed by atoms with E-state index in [0.717, 1.165) is 5.56 Å². The van der Waals surface area contributed by atoms with Crippen LogP contribution in [0.5, 0.6) is 11.5 Å². The molecule has 0 radical (unpaired) electrons. The van der Waals surface area contributed by atoms with Gasteiger partial charge in [0, 0.05) is 0 Å². The van der Waals surface area contributed by atoms with Crippen molar-refractivity contribution in [1.29, 1.82) is 0 Å². The van der Waals surface area contributed by atoms with Crippen molar-refractivity contribution in [2.45, 2.75) is 6.92 Å². The zero-order valence-electron chi connectivity index (χ0n) is 10.00. The Hall–Kier alpha value is -1.73. The van der Waals surface area contributed by atoms with Crippen LogP contribution in [0.15, 0.2) is 48.5 Å². The standard InChI is InChI=1S/C14H13O3P/c1-11-6-8-12(9-7-11)18(15)10-16-13-4-2-3-5-14(13)17-18/h2-9H,10H2,1H3. The summed E-state index contributed by atoms with van der Waals surface area (Å²) in [6, 6.07) is 14.8. The lowest BCUT2D eigenvalue weighted by Gasteiger charge is -2.26. The van der Waals surface area contributed by atoms with Crippen molar-refractivity contribution in [2.24, 2.45) is 0 Å². The minimum absolute atomic E-state index is 0.0904. The summed E-state index contributed by atoms with van der Waals surface area (Å²) in [4.78, 5) is 0. The number of ether oxygens (including phenoxy) is 1. The maximum atomic E-state index is 12.8. The molecule has 0 saturated carbocycles. The van der Waals surface area contributed by atoms with Crippen LogP contribution < -0.4 is 14.6 Å². The Balaban J connectivity index is 1.99. The molecule has 1 heterocycles. The number of benzene rings is 2. The van der Waals surface area contributed by atoms with Crippen LogP contribution in [0.3, 0.4) is 0 Å². The first-order chi connectivity index (χ1) is 8.67. The van der Waals surface area contributed by atoms with Crippen LogP contribution in [0.4, 0.5) is 0 Å². The van der Waals surface area contributed by atoms with Crippen LogP contribution >= 0.6 is 7.37 Å². The molecular formula is C14H13O3P. The molecule has 0 saturated heterocycles. The van der Waals surface area contributed by atoms with Crippen LogP contribution in [-0.4, -0.2) is 6.35 Å². The van der Waals surface area contributed by atoms with Gasteiger partial charge in [0.05, 0.1) is 5.30 Å². The molecule has 1 aliphatic rings. The van der Waals surface area contributed by atoms with Crippen LogP contribution in [0.1, 0.15) is 5.56 Å². The van der Waals surface area contributed by atoms with Crippen LogP contribution in [-0.2, 0) is 4.57 Å². The highest BCUT2D eigenvalue weighted by atomic mass is 31.2. The molecule has 2 aromatic carbocycles. The van der Waals surface area contributed by atoms with Gasteiger partial charge in [-0.05, 0) is 31.2 Å². The van der Waals surface area contributed by atoms with Gasteiger partial charge < -0.3 is 9.26 Å². The average Bonchev–Trinajstić information content (AvgIpc) is 2.39. The molecule has 0 aromatic heterocycles. The molecule has 92 valence electrons. The Morgan fingerprint density at radius 2 is 1.67 bits per heavy atom. The Morgan fingerprint density at radius 3 is 2.39 bits per heavy atom.